The van der Waals surface area contributed by atoms with Crippen LogP contribution in [0.3, 0.4) is 0 Å². The molecule has 0 N–H and O–H groups in total. The normalized spacial score (nSPS) is 10.6. The van der Waals surface area contributed by atoms with Crippen LogP contribution in [0.15, 0.2) is 42.7 Å². The number of aromatic nitrogens is 2. The Labute approximate surface area is 119 Å². The molecule has 0 aliphatic carbocycles. The number of hydrogen-bond donors (Lipinski definition) is 0. The molecule has 0 aliphatic rings. The van der Waals surface area contributed by atoms with E-state index in [4.69, 9.17) is 9.47 Å². The number of halogens is 2. The Morgan fingerprint density at radius 2 is 1.90 bits per heavy atom. The molecule has 2 aromatic carbocycles. The first-order valence-electron chi connectivity index (χ1n) is 6.09. The van der Waals surface area contributed by atoms with Crippen LogP contribution in [0.4, 0.5) is 8.78 Å². The first kappa shape index (κ1) is 13.2. The van der Waals surface area contributed by atoms with Crippen molar-refractivity contribution in [2.45, 2.75) is 0 Å². The predicted octanol–water partition coefficient (Wildman–Crippen LogP) is 3.71. The van der Waals surface area contributed by atoms with E-state index in [9.17, 15) is 8.78 Å². The molecular weight excluding hydrogens is 278 g/mol. The number of fused-ring (bicyclic) bond motifs is 1. The Bertz CT molecular complexity index is 809. The molecule has 0 saturated carbocycles. The van der Waals surface area contributed by atoms with Gasteiger partial charge in [0.2, 0.25) is 5.88 Å². The van der Waals surface area contributed by atoms with Crippen molar-refractivity contribution in [3.63, 3.8) is 0 Å². The lowest BCUT2D eigenvalue weighted by molar-refractivity contribution is 0.387. The highest BCUT2D eigenvalue weighted by atomic mass is 19.1. The summed E-state index contributed by atoms with van der Waals surface area (Å²) in [6.45, 7) is 0. The maximum atomic E-state index is 13.7. The SMILES string of the molecule is COc1cc2c(Oc3cccc(F)c3)ncnc2cc1F. The summed E-state index contributed by atoms with van der Waals surface area (Å²) in [4.78, 5) is 7.98. The van der Waals surface area contributed by atoms with Crippen molar-refractivity contribution in [2.24, 2.45) is 0 Å². The van der Waals surface area contributed by atoms with Crippen LogP contribution in [-0.4, -0.2) is 17.1 Å². The molecule has 1 heterocycles. The summed E-state index contributed by atoms with van der Waals surface area (Å²) in [5.74, 6) is -0.404. The van der Waals surface area contributed by atoms with Gasteiger partial charge in [0.15, 0.2) is 11.6 Å². The maximum absolute atomic E-state index is 13.7. The highest BCUT2D eigenvalue weighted by molar-refractivity contribution is 5.85. The molecule has 0 unspecified atom stereocenters. The highest BCUT2D eigenvalue weighted by Crippen LogP contribution is 2.31. The van der Waals surface area contributed by atoms with E-state index in [1.165, 1.54) is 43.8 Å². The molecule has 4 nitrogen and oxygen atoms in total. The third kappa shape index (κ3) is 2.60. The summed E-state index contributed by atoms with van der Waals surface area (Å²) in [7, 11) is 1.36. The largest absolute Gasteiger partial charge is 0.494 e. The molecular formula is C15H10F2N2O2. The van der Waals surface area contributed by atoms with E-state index in [-0.39, 0.29) is 11.6 Å². The molecule has 0 spiro atoms. The fraction of sp³-hybridized carbons (Fsp3) is 0.0667. The average molecular weight is 288 g/mol. The van der Waals surface area contributed by atoms with Crippen LogP contribution < -0.4 is 9.47 Å². The monoisotopic (exact) mass is 288 g/mol. The smallest absolute Gasteiger partial charge is 0.230 e. The summed E-state index contributed by atoms with van der Waals surface area (Å²) in [5, 5.41) is 0.472. The zero-order chi connectivity index (χ0) is 14.8. The summed E-state index contributed by atoms with van der Waals surface area (Å²) in [5.41, 5.74) is 0.370. The van der Waals surface area contributed by atoms with Gasteiger partial charge in [-0.3, -0.25) is 0 Å². The number of nitrogens with zero attached hydrogens (tertiary/aromatic N) is 2. The van der Waals surface area contributed by atoms with Gasteiger partial charge in [-0.05, 0) is 18.2 Å². The lowest BCUT2D eigenvalue weighted by atomic mass is 10.2. The van der Waals surface area contributed by atoms with Gasteiger partial charge in [-0.1, -0.05) is 6.07 Å². The van der Waals surface area contributed by atoms with E-state index in [0.717, 1.165) is 0 Å². The molecule has 0 radical (unpaired) electrons. The molecule has 0 aliphatic heterocycles. The maximum Gasteiger partial charge on any atom is 0.230 e. The number of benzene rings is 2. The molecule has 3 rings (SSSR count). The van der Waals surface area contributed by atoms with Crippen molar-refractivity contribution >= 4 is 10.9 Å². The molecule has 3 aromatic rings. The van der Waals surface area contributed by atoms with Gasteiger partial charge in [-0.15, -0.1) is 0 Å². The second-order valence-electron chi connectivity index (χ2n) is 4.24. The van der Waals surface area contributed by atoms with Crippen molar-refractivity contribution in [3.8, 4) is 17.4 Å². The van der Waals surface area contributed by atoms with Crippen molar-refractivity contribution < 1.29 is 18.3 Å². The molecule has 21 heavy (non-hydrogen) atoms. The zero-order valence-corrected chi connectivity index (χ0v) is 11.0. The topological polar surface area (TPSA) is 44.2 Å². The van der Waals surface area contributed by atoms with Gasteiger partial charge >= 0.3 is 0 Å². The van der Waals surface area contributed by atoms with Gasteiger partial charge in [0, 0.05) is 12.1 Å². The minimum Gasteiger partial charge on any atom is -0.494 e. The van der Waals surface area contributed by atoms with Gasteiger partial charge in [-0.2, -0.15) is 0 Å². The van der Waals surface area contributed by atoms with E-state index < -0.39 is 11.6 Å². The summed E-state index contributed by atoms with van der Waals surface area (Å²) in [6, 6.07) is 8.33. The Hall–Kier alpha value is -2.76. The van der Waals surface area contributed by atoms with Crippen molar-refractivity contribution in [2.75, 3.05) is 7.11 Å². The first-order chi connectivity index (χ1) is 10.2. The molecule has 0 atom stereocenters. The Kier molecular flexibility index (Phi) is 3.35. The zero-order valence-electron chi connectivity index (χ0n) is 11.0. The quantitative estimate of drug-likeness (QED) is 0.737. The van der Waals surface area contributed by atoms with Crippen molar-refractivity contribution in [1.82, 2.24) is 9.97 Å². The number of methoxy groups -OCH3 is 1. The predicted molar refractivity (Wildman–Crippen MR) is 72.5 cm³/mol. The Morgan fingerprint density at radius 3 is 2.67 bits per heavy atom. The molecule has 0 amide bonds. The van der Waals surface area contributed by atoms with Crippen LogP contribution in [0.1, 0.15) is 0 Å². The van der Waals surface area contributed by atoms with Crippen LogP contribution in [0, 0.1) is 11.6 Å². The van der Waals surface area contributed by atoms with E-state index in [0.29, 0.717) is 16.7 Å². The minimum absolute atomic E-state index is 0.0568. The van der Waals surface area contributed by atoms with Crippen molar-refractivity contribution in [3.05, 3.63) is 54.4 Å². The van der Waals surface area contributed by atoms with Gasteiger partial charge in [0.05, 0.1) is 18.0 Å². The molecule has 0 saturated heterocycles. The third-order valence-corrected chi connectivity index (χ3v) is 2.88. The molecule has 0 fully saturated rings. The summed E-state index contributed by atoms with van der Waals surface area (Å²) in [6.07, 6.45) is 1.25. The lowest BCUT2D eigenvalue weighted by Crippen LogP contribution is -1.94. The number of rotatable bonds is 3. The average Bonchev–Trinajstić information content (AvgIpc) is 2.47. The van der Waals surface area contributed by atoms with Crippen LogP contribution >= 0.6 is 0 Å². The van der Waals surface area contributed by atoms with Crippen LogP contribution in [0.25, 0.3) is 10.9 Å². The van der Waals surface area contributed by atoms with Crippen LogP contribution in [-0.2, 0) is 0 Å². The Balaban J connectivity index is 2.09. The second-order valence-corrected chi connectivity index (χ2v) is 4.24. The van der Waals surface area contributed by atoms with E-state index >= 15 is 0 Å². The van der Waals surface area contributed by atoms with Crippen LogP contribution in [0.2, 0.25) is 0 Å². The molecule has 0 bridgehead atoms. The number of ether oxygens (including phenoxy) is 2. The minimum atomic E-state index is -0.527. The van der Waals surface area contributed by atoms with Gasteiger partial charge in [0.25, 0.3) is 0 Å². The van der Waals surface area contributed by atoms with Gasteiger partial charge in [-0.25, -0.2) is 18.7 Å². The molecule has 1 aromatic heterocycles. The Morgan fingerprint density at radius 1 is 1.05 bits per heavy atom. The standard InChI is InChI=1S/C15H10F2N2O2/c1-20-14-6-11-13(7-12(14)17)18-8-19-15(11)21-10-4-2-3-9(16)5-10/h2-8H,1H3. The second kappa shape index (κ2) is 5.32. The molecule has 6 heteroatoms. The van der Waals surface area contributed by atoms with Crippen LogP contribution in [0.5, 0.6) is 17.4 Å². The fourth-order valence-electron chi connectivity index (χ4n) is 1.91. The first-order valence-corrected chi connectivity index (χ1v) is 6.09. The van der Waals surface area contributed by atoms with E-state index in [1.807, 2.05) is 0 Å². The van der Waals surface area contributed by atoms with Gasteiger partial charge < -0.3 is 9.47 Å². The van der Waals surface area contributed by atoms with Crippen molar-refractivity contribution in [1.29, 1.82) is 0 Å². The van der Waals surface area contributed by atoms with Gasteiger partial charge in [0.1, 0.15) is 17.9 Å². The lowest BCUT2D eigenvalue weighted by Gasteiger charge is -2.09. The highest BCUT2D eigenvalue weighted by Gasteiger charge is 2.12. The van der Waals surface area contributed by atoms with E-state index in [2.05, 4.69) is 9.97 Å². The van der Waals surface area contributed by atoms with E-state index in [1.54, 1.807) is 6.07 Å². The number of hydrogen-bond acceptors (Lipinski definition) is 4. The third-order valence-electron chi connectivity index (χ3n) is 2.88. The molecule has 106 valence electrons. The summed E-state index contributed by atoms with van der Waals surface area (Å²) >= 11 is 0. The summed E-state index contributed by atoms with van der Waals surface area (Å²) < 4.78 is 37.3. The fourth-order valence-corrected chi connectivity index (χ4v) is 1.91.